The minimum absolute atomic E-state index is 0.108. The number of aromatic nitrogens is 1. The molecule has 3 N–H and O–H groups in total. The van der Waals surface area contributed by atoms with E-state index in [4.69, 9.17) is 5.73 Å². The molecular weight excluding hydrogens is 278 g/mol. The number of para-hydroxylation sites is 1. The summed E-state index contributed by atoms with van der Waals surface area (Å²) in [6.07, 6.45) is 4.79. The van der Waals surface area contributed by atoms with Crippen LogP contribution in [0.2, 0.25) is 0 Å². The van der Waals surface area contributed by atoms with Crippen LogP contribution in [0.25, 0.3) is 10.9 Å². The summed E-state index contributed by atoms with van der Waals surface area (Å²) in [6, 6.07) is 8.09. The lowest BCUT2D eigenvalue weighted by Gasteiger charge is -2.31. The maximum Gasteiger partial charge on any atom is 0.222 e. The maximum absolute atomic E-state index is 12.4. The molecule has 0 unspecified atom stereocenters. The number of likely N-dealkylation sites (tertiary alicyclic amines) is 1. The lowest BCUT2D eigenvalue weighted by molar-refractivity contribution is -0.134. The lowest BCUT2D eigenvalue weighted by atomic mass is 9.97. The van der Waals surface area contributed by atoms with Crippen molar-refractivity contribution in [2.75, 3.05) is 13.1 Å². The second kappa shape index (κ2) is 6.22. The monoisotopic (exact) mass is 299 g/mol. The molecular formula is C17H21N3O2. The molecule has 3 rings (SSSR count). The van der Waals surface area contributed by atoms with E-state index in [0.717, 1.165) is 30.5 Å². The number of primary amides is 1. The molecule has 1 saturated heterocycles. The molecule has 5 nitrogen and oxygen atoms in total. The van der Waals surface area contributed by atoms with Crippen molar-refractivity contribution in [3.8, 4) is 0 Å². The second-order valence-electron chi connectivity index (χ2n) is 5.94. The first-order valence-corrected chi connectivity index (χ1v) is 7.77. The van der Waals surface area contributed by atoms with Gasteiger partial charge in [-0.2, -0.15) is 0 Å². The van der Waals surface area contributed by atoms with Gasteiger partial charge in [-0.1, -0.05) is 18.2 Å². The molecule has 1 fully saturated rings. The molecule has 1 aliphatic heterocycles. The molecule has 1 atom stereocenters. The van der Waals surface area contributed by atoms with E-state index in [1.54, 1.807) is 4.90 Å². The number of aromatic amines is 1. The number of rotatable bonds is 4. The van der Waals surface area contributed by atoms with E-state index < -0.39 is 0 Å². The summed E-state index contributed by atoms with van der Waals surface area (Å²) < 4.78 is 0. The number of carbonyl (C=O) groups excluding carboxylic acids is 2. The van der Waals surface area contributed by atoms with E-state index in [9.17, 15) is 9.59 Å². The molecule has 22 heavy (non-hydrogen) atoms. The number of piperidine rings is 1. The van der Waals surface area contributed by atoms with Crippen molar-refractivity contribution in [3.05, 3.63) is 36.0 Å². The van der Waals surface area contributed by atoms with Gasteiger partial charge >= 0.3 is 0 Å². The van der Waals surface area contributed by atoms with Crippen molar-refractivity contribution in [1.29, 1.82) is 0 Å². The Kier molecular flexibility index (Phi) is 4.13. The number of nitrogens with zero attached hydrogens (tertiary/aromatic N) is 1. The molecule has 0 aliphatic carbocycles. The Balaban J connectivity index is 1.61. The zero-order chi connectivity index (χ0) is 15.5. The van der Waals surface area contributed by atoms with Crippen LogP contribution in [0.1, 0.15) is 24.8 Å². The van der Waals surface area contributed by atoms with Crippen molar-refractivity contribution in [3.63, 3.8) is 0 Å². The molecule has 1 aromatic heterocycles. The van der Waals surface area contributed by atoms with Gasteiger partial charge in [-0.15, -0.1) is 0 Å². The fourth-order valence-corrected chi connectivity index (χ4v) is 3.17. The Labute approximate surface area is 129 Å². The highest BCUT2D eigenvalue weighted by atomic mass is 16.2. The molecule has 116 valence electrons. The SMILES string of the molecule is NC(=O)[C@H]1CCCN(C(=O)CCc2c[nH]c3ccccc23)C1. The molecule has 0 radical (unpaired) electrons. The van der Waals surface area contributed by atoms with E-state index in [1.807, 2.05) is 24.4 Å². The normalized spacial score (nSPS) is 18.5. The third-order valence-electron chi connectivity index (χ3n) is 4.46. The Bertz CT molecular complexity index is 692. The molecule has 2 heterocycles. The molecule has 2 amide bonds. The number of nitrogens with one attached hydrogen (secondary N) is 1. The quantitative estimate of drug-likeness (QED) is 0.903. The summed E-state index contributed by atoms with van der Waals surface area (Å²) >= 11 is 0. The number of benzene rings is 1. The van der Waals surface area contributed by atoms with Gasteiger partial charge in [-0.05, 0) is 30.9 Å². The van der Waals surface area contributed by atoms with Crippen molar-refractivity contribution >= 4 is 22.7 Å². The van der Waals surface area contributed by atoms with Crippen LogP contribution in [0.3, 0.4) is 0 Å². The standard InChI is InChI=1S/C17H21N3O2/c18-17(22)13-4-3-9-20(11-13)16(21)8-7-12-10-19-15-6-2-1-5-14(12)15/h1-2,5-6,10,13,19H,3-4,7-9,11H2,(H2,18,22)/t13-/m0/s1. The van der Waals surface area contributed by atoms with Gasteiger partial charge in [0.25, 0.3) is 0 Å². The van der Waals surface area contributed by atoms with E-state index in [0.29, 0.717) is 19.4 Å². The molecule has 0 saturated carbocycles. The van der Waals surface area contributed by atoms with Crippen LogP contribution in [-0.4, -0.2) is 34.8 Å². The van der Waals surface area contributed by atoms with E-state index in [-0.39, 0.29) is 17.7 Å². The summed E-state index contributed by atoms with van der Waals surface area (Å²) in [5.41, 5.74) is 7.62. The number of H-pyrrole nitrogens is 1. The zero-order valence-corrected chi connectivity index (χ0v) is 12.5. The topological polar surface area (TPSA) is 79.2 Å². The molecule has 1 aromatic carbocycles. The Morgan fingerprint density at radius 1 is 1.32 bits per heavy atom. The third kappa shape index (κ3) is 2.98. The van der Waals surface area contributed by atoms with Gasteiger partial charge in [0.2, 0.25) is 11.8 Å². The summed E-state index contributed by atoms with van der Waals surface area (Å²) in [5.74, 6) is -0.379. The van der Waals surface area contributed by atoms with Crippen molar-refractivity contribution in [2.24, 2.45) is 11.7 Å². The molecule has 5 heteroatoms. The number of aryl methyl sites for hydroxylation is 1. The number of carbonyl (C=O) groups is 2. The smallest absolute Gasteiger partial charge is 0.222 e. The van der Waals surface area contributed by atoms with Gasteiger partial charge in [0.1, 0.15) is 0 Å². The highest BCUT2D eigenvalue weighted by Gasteiger charge is 2.26. The van der Waals surface area contributed by atoms with Gasteiger partial charge in [0, 0.05) is 36.6 Å². The number of amides is 2. The van der Waals surface area contributed by atoms with Crippen LogP contribution < -0.4 is 5.73 Å². The average molecular weight is 299 g/mol. The van der Waals surface area contributed by atoms with Crippen LogP contribution in [-0.2, 0) is 16.0 Å². The van der Waals surface area contributed by atoms with Crippen LogP contribution in [0.15, 0.2) is 30.5 Å². The summed E-state index contributed by atoms with van der Waals surface area (Å²) in [7, 11) is 0. The number of nitrogens with two attached hydrogens (primary N) is 1. The minimum Gasteiger partial charge on any atom is -0.369 e. The van der Waals surface area contributed by atoms with Gasteiger partial charge in [-0.25, -0.2) is 0 Å². The molecule has 2 aromatic rings. The molecule has 0 bridgehead atoms. The van der Waals surface area contributed by atoms with Gasteiger partial charge in [0.05, 0.1) is 5.92 Å². The highest BCUT2D eigenvalue weighted by molar-refractivity contribution is 5.84. The van der Waals surface area contributed by atoms with Gasteiger partial charge in [-0.3, -0.25) is 9.59 Å². The fraction of sp³-hybridized carbons (Fsp3) is 0.412. The second-order valence-corrected chi connectivity index (χ2v) is 5.94. The minimum atomic E-state index is -0.297. The maximum atomic E-state index is 12.4. The Morgan fingerprint density at radius 3 is 2.95 bits per heavy atom. The number of hydrogen-bond donors (Lipinski definition) is 2. The van der Waals surface area contributed by atoms with Gasteiger partial charge in [0.15, 0.2) is 0 Å². The highest BCUT2D eigenvalue weighted by Crippen LogP contribution is 2.21. The summed E-state index contributed by atoms with van der Waals surface area (Å²) in [4.78, 5) is 28.7. The molecule has 0 spiro atoms. The average Bonchev–Trinajstić information content (AvgIpc) is 2.96. The zero-order valence-electron chi connectivity index (χ0n) is 12.5. The van der Waals surface area contributed by atoms with Crippen molar-refractivity contribution in [1.82, 2.24) is 9.88 Å². The van der Waals surface area contributed by atoms with Crippen LogP contribution in [0.4, 0.5) is 0 Å². The van der Waals surface area contributed by atoms with E-state index in [2.05, 4.69) is 11.1 Å². The predicted octanol–water partition coefficient (Wildman–Crippen LogP) is 1.82. The fourth-order valence-electron chi connectivity index (χ4n) is 3.17. The van der Waals surface area contributed by atoms with Crippen LogP contribution in [0.5, 0.6) is 0 Å². The number of hydrogen-bond acceptors (Lipinski definition) is 2. The molecule has 1 aliphatic rings. The third-order valence-corrected chi connectivity index (χ3v) is 4.46. The van der Waals surface area contributed by atoms with E-state index in [1.165, 1.54) is 5.39 Å². The Morgan fingerprint density at radius 2 is 2.14 bits per heavy atom. The summed E-state index contributed by atoms with van der Waals surface area (Å²) in [5, 5.41) is 1.17. The van der Waals surface area contributed by atoms with Gasteiger partial charge < -0.3 is 15.6 Å². The van der Waals surface area contributed by atoms with Crippen molar-refractivity contribution < 1.29 is 9.59 Å². The van der Waals surface area contributed by atoms with E-state index >= 15 is 0 Å². The predicted molar refractivity (Wildman–Crippen MR) is 85.1 cm³/mol. The van der Waals surface area contributed by atoms with Crippen LogP contribution in [0, 0.1) is 5.92 Å². The largest absolute Gasteiger partial charge is 0.369 e. The van der Waals surface area contributed by atoms with Crippen molar-refractivity contribution in [2.45, 2.75) is 25.7 Å². The first-order chi connectivity index (χ1) is 10.6. The first-order valence-electron chi connectivity index (χ1n) is 7.77. The summed E-state index contributed by atoms with van der Waals surface area (Å²) in [6.45, 7) is 1.21. The lowest BCUT2D eigenvalue weighted by Crippen LogP contribution is -2.44. The number of fused-ring (bicyclic) bond motifs is 1. The first kappa shape index (κ1) is 14.6. The van der Waals surface area contributed by atoms with Crippen LogP contribution >= 0.6 is 0 Å². The Hall–Kier alpha value is -2.30.